The lowest BCUT2D eigenvalue weighted by molar-refractivity contribution is 1.39. The first-order chi connectivity index (χ1) is 10.4. The standard InChI is InChI=1S/C18H13IN2/c1-2-7-14(8-3-1)18-20-17(19-21-18)16-11-10-13-6-4-5-9-15(13)12-16/h1-12H,(H,20,21). The fourth-order valence-electron chi connectivity index (χ4n) is 2.39. The molecule has 1 N–H and O–H groups in total. The summed E-state index contributed by atoms with van der Waals surface area (Å²) in [6, 6.07) is 25.4. The van der Waals surface area contributed by atoms with Crippen LogP contribution in [0.5, 0.6) is 0 Å². The maximum absolute atomic E-state index is 4.72. The SMILES string of the molecule is c1ccc(C2=NI=C(c3ccc4ccccc4c3)N2)cc1. The molecule has 0 aliphatic carbocycles. The lowest BCUT2D eigenvalue weighted by atomic mass is 10.1. The summed E-state index contributed by atoms with van der Waals surface area (Å²) in [5, 5.41) is 6.06. The molecule has 0 amide bonds. The second-order valence-electron chi connectivity index (χ2n) is 4.88. The van der Waals surface area contributed by atoms with E-state index in [9.17, 15) is 0 Å². The molecule has 1 heterocycles. The van der Waals surface area contributed by atoms with Crippen molar-refractivity contribution < 1.29 is 0 Å². The summed E-state index contributed by atoms with van der Waals surface area (Å²) in [7, 11) is 0. The maximum atomic E-state index is 4.72. The Bertz CT molecular complexity index is 867. The lowest BCUT2D eigenvalue weighted by Gasteiger charge is -2.07. The molecule has 2 nitrogen and oxygen atoms in total. The topological polar surface area (TPSA) is 24.4 Å². The van der Waals surface area contributed by atoms with Gasteiger partial charge < -0.3 is 5.32 Å². The number of hydrogen-bond donors (Lipinski definition) is 1. The average molecular weight is 384 g/mol. The molecule has 3 aromatic carbocycles. The van der Waals surface area contributed by atoms with Crippen molar-refractivity contribution in [3.05, 3.63) is 83.9 Å². The predicted octanol–water partition coefficient (Wildman–Crippen LogP) is 4.25. The monoisotopic (exact) mass is 384 g/mol. The fourth-order valence-corrected chi connectivity index (χ4v) is 4.27. The van der Waals surface area contributed by atoms with Crippen molar-refractivity contribution >= 4 is 41.2 Å². The molecule has 102 valence electrons. The molecule has 0 saturated heterocycles. The van der Waals surface area contributed by atoms with Crippen LogP contribution < -0.4 is 5.32 Å². The van der Waals surface area contributed by atoms with Gasteiger partial charge in [0.15, 0.2) is 0 Å². The average Bonchev–Trinajstić information content (AvgIpc) is 3.05. The number of nitrogens with one attached hydrogen (secondary N) is 1. The molecule has 0 bridgehead atoms. The Hall–Kier alpha value is -2.01. The van der Waals surface area contributed by atoms with E-state index in [-0.39, 0.29) is 21.0 Å². The molecule has 4 rings (SSSR count). The highest BCUT2D eigenvalue weighted by molar-refractivity contribution is 14.2. The summed E-state index contributed by atoms with van der Waals surface area (Å²) >= 11 is -0.331. The molecule has 0 fully saturated rings. The highest BCUT2D eigenvalue weighted by atomic mass is 127. The first-order valence-corrected chi connectivity index (χ1v) is 8.85. The minimum atomic E-state index is -0.331. The van der Waals surface area contributed by atoms with E-state index in [2.05, 4.69) is 59.9 Å². The summed E-state index contributed by atoms with van der Waals surface area (Å²) in [5.74, 6) is 1.01. The van der Waals surface area contributed by atoms with Crippen LogP contribution in [0.4, 0.5) is 0 Å². The molecule has 0 unspecified atom stereocenters. The van der Waals surface area contributed by atoms with Crippen molar-refractivity contribution in [2.75, 3.05) is 0 Å². The molecule has 0 atom stereocenters. The molecule has 3 heteroatoms. The van der Waals surface area contributed by atoms with Crippen molar-refractivity contribution in [2.24, 2.45) is 3.21 Å². The van der Waals surface area contributed by atoms with Gasteiger partial charge in [-0.05, 0) is 16.8 Å². The van der Waals surface area contributed by atoms with E-state index in [0.29, 0.717) is 0 Å². The smallest absolute Gasteiger partial charge is 0.143 e. The van der Waals surface area contributed by atoms with Crippen LogP contribution in [0.2, 0.25) is 0 Å². The van der Waals surface area contributed by atoms with Gasteiger partial charge in [-0.25, -0.2) is 3.21 Å². The number of halogens is 1. The minimum Gasteiger partial charge on any atom is -0.333 e. The third kappa shape index (κ3) is 2.49. The second kappa shape index (κ2) is 5.41. The van der Waals surface area contributed by atoms with Crippen molar-refractivity contribution in [2.45, 2.75) is 0 Å². The highest BCUT2D eigenvalue weighted by Crippen LogP contribution is 2.21. The van der Waals surface area contributed by atoms with E-state index < -0.39 is 0 Å². The number of nitrogens with zero attached hydrogens (tertiary/aromatic N) is 1. The van der Waals surface area contributed by atoms with Crippen LogP contribution in [-0.2, 0) is 0 Å². The normalized spacial score (nSPS) is 14.1. The molecule has 0 radical (unpaired) electrons. The zero-order chi connectivity index (χ0) is 14.1. The summed E-state index contributed by atoms with van der Waals surface area (Å²) in [4.78, 5) is 0. The van der Waals surface area contributed by atoms with E-state index in [1.165, 1.54) is 20.0 Å². The fraction of sp³-hybridized carbons (Fsp3) is 0. The van der Waals surface area contributed by atoms with Crippen molar-refractivity contribution in [3.8, 4) is 0 Å². The van der Waals surface area contributed by atoms with Crippen LogP contribution in [0.3, 0.4) is 0 Å². The van der Waals surface area contributed by atoms with Crippen LogP contribution in [0.25, 0.3) is 10.8 Å². The molecule has 0 aromatic heterocycles. The first-order valence-electron chi connectivity index (χ1n) is 6.81. The largest absolute Gasteiger partial charge is 0.333 e. The molecular formula is C18H13IN2. The van der Waals surface area contributed by atoms with Gasteiger partial charge in [0.1, 0.15) is 5.84 Å². The first kappa shape index (κ1) is 12.7. The summed E-state index contributed by atoms with van der Waals surface area (Å²) in [5.41, 5.74) is 2.42. The van der Waals surface area contributed by atoms with Crippen molar-refractivity contribution in [1.29, 1.82) is 0 Å². The molecular weight excluding hydrogens is 371 g/mol. The Balaban J connectivity index is 1.63. The Morgan fingerprint density at radius 3 is 2.33 bits per heavy atom. The summed E-state index contributed by atoms with van der Waals surface area (Å²) in [6.45, 7) is 0. The Labute approximate surface area is 133 Å². The zero-order valence-corrected chi connectivity index (χ0v) is 13.4. The minimum absolute atomic E-state index is 0.331. The lowest BCUT2D eigenvalue weighted by Crippen LogP contribution is -2.27. The Morgan fingerprint density at radius 2 is 1.48 bits per heavy atom. The Kier molecular flexibility index (Phi) is 3.27. The quantitative estimate of drug-likeness (QED) is 0.657. The molecule has 0 spiro atoms. The van der Waals surface area contributed by atoms with Gasteiger partial charge in [0.2, 0.25) is 0 Å². The van der Waals surface area contributed by atoms with Gasteiger partial charge in [-0.3, -0.25) is 0 Å². The van der Waals surface area contributed by atoms with Gasteiger partial charge in [0, 0.05) is 11.1 Å². The van der Waals surface area contributed by atoms with Gasteiger partial charge in [-0.1, -0.05) is 66.7 Å². The molecule has 1 aliphatic heterocycles. The number of benzene rings is 3. The van der Waals surface area contributed by atoms with Gasteiger partial charge >= 0.3 is 0 Å². The number of rotatable bonds is 2. The number of fused-ring (bicyclic) bond motifs is 1. The highest BCUT2D eigenvalue weighted by Gasteiger charge is 2.13. The number of amidine groups is 1. The maximum Gasteiger partial charge on any atom is 0.143 e. The number of hydrogen-bond acceptors (Lipinski definition) is 2. The van der Waals surface area contributed by atoms with Gasteiger partial charge in [0.25, 0.3) is 0 Å². The van der Waals surface area contributed by atoms with E-state index in [4.69, 9.17) is 3.21 Å². The van der Waals surface area contributed by atoms with Gasteiger partial charge in [-0.15, -0.1) is 0 Å². The van der Waals surface area contributed by atoms with E-state index in [1.54, 1.807) is 0 Å². The second-order valence-corrected chi connectivity index (χ2v) is 6.93. The predicted molar refractivity (Wildman–Crippen MR) is 98.2 cm³/mol. The van der Waals surface area contributed by atoms with Crippen LogP contribution in [0.15, 0.2) is 76.0 Å². The molecule has 1 aliphatic rings. The van der Waals surface area contributed by atoms with E-state index in [1.807, 2.05) is 18.2 Å². The van der Waals surface area contributed by atoms with Crippen LogP contribution >= 0.6 is 21.0 Å². The third-order valence-electron chi connectivity index (χ3n) is 3.49. The zero-order valence-electron chi connectivity index (χ0n) is 11.3. The molecule has 3 aromatic rings. The Morgan fingerprint density at radius 1 is 0.714 bits per heavy atom. The third-order valence-corrected chi connectivity index (χ3v) is 5.59. The van der Waals surface area contributed by atoms with E-state index >= 15 is 0 Å². The van der Waals surface area contributed by atoms with Gasteiger partial charge in [-0.2, -0.15) is 0 Å². The van der Waals surface area contributed by atoms with Crippen LogP contribution in [0, 0.1) is 0 Å². The van der Waals surface area contributed by atoms with Crippen molar-refractivity contribution in [1.82, 2.24) is 5.32 Å². The van der Waals surface area contributed by atoms with E-state index in [0.717, 1.165) is 11.4 Å². The summed E-state index contributed by atoms with van der Waals surface area (Å²) in [6.07, 6.45) is 0. The summed E-state index contributed by atoms with van der Waals surface area (Å²) < 4.78 is 6.00. The van der Waals surface area contributed by atoms with Crippen molar-refractivity contribution in [3.63, 3.8) is 0 Å². The molecule has 0 saturated carbocycles. The van der Waals surface area contributed by atoms with Crippen LogP contribution in [0.1, 0.15) is 11.1 Å². The van der Waals surface area contributed by atoms with Gasteiger partial charge in [0.05, 0.1) is 24.6 Å². The molecule has 21 heavy (non-hydrogen) atoms. The van der Waals surface area contributed by atoms with Crippen LogP contribution in [-0.4, -0.2) is 9.47 Å².